The molecular weight excluding hydrogens is 216 g/mol. The third kappa shape index (κ3) is 6.25. The first-order valence-corrected chi connectivity index (χ1v) is 8.12. The first-order chi connectivity index (χ1) is 8.12. The summed E-state index contributed by atoms with van der Waals surface area (Å²) in [6.45, 7) is 24.8. The summed E-state index contributed by atoms with van der Waals surface area (Å²) >= 11 is 0. The van der Waals surface area contributed by atoms with Crippen molar-refractivity contribution in [1.82, 2.24) is 0 Å². The van der Waals surface area contributed by atoms with Gasteiger partial charge in [-0.05, 0) is 41.4 Å². The highest BCUT2D eigenvalue weighted by molar-refractivity contribution is 4.91. The van der Waals surface area contributed by atoms with Crippen LogP contribution in [-0.2, 0) is 0 Å². The van der Waals surface area contributed by atoms with E-state index in [1.165, 1.54) is 12.8 Å². The van der Waals surface area contributed by atoms with Crippen LogP contribution >= 0.6 is 0 Å². The molecule has 0 nitrogen and oxygen atoms in total. The molecule has 1 rings (SSSR count). The van der Waals surface area contributed by atoms with E-state index in [2.05, 4.69) is 48.5 Å². The molecule has 0 aromatic rings. The molecule has 18 heavy (non-hydrogen) atoms. The second-order valence-electron chi connectivity index (χ2n) is 7.48. The van der Waals surface area contributed by atoms with Crippen LogP contribution < -0.4 is 0 Å². The molecule has 0 saturated heterocycles. The Kier molecular flexibility index (Phi) is 9.29. The van der Waals surface area contributed by atoms with Crippen molar-refractivity contribution >= 4 is 0 Å². The number of hydrogen-bond acceptors (Lipinski definition) is 0. The summed E-state index contributed by atoms with van der Waals surface area (Å²) < 4.78 is 0. The maximum absolute atomic E-state index is 2.45. The second kappa shape index (κ2) is 8.23. The molecule has 1 saturated carbocycles. The molecule has 112 valence electrons. The zero-order valence-corrected chi connectivity index (χ0v) is 15.1. The van der Waals surface area contributed by atoms with E-state index in [9.17, 15) is 0 Å². The fourth-order valence-electron chi connectivity index (χ4n) is 3.16. The zero-order chi connectivity index (χ0) is 15.1. The summed E-state index contributed by atoms with van der Waals surface area (Å²) in [5.74, 6) is 2.77. The molecule has 1 aliphatic carbocycles. The Morgan fingerprint density at radius 2 is 1.06 bits per heavy atom. The normalized spacial score (nSPS) is 27.8. The molecule has 0 heterocycles. The minimum atomic E-state index is 0.499. The van der Waals surface area contributed by atoms with Crippen LogP contribution in [0.3, 0.4) is 0 Å². The second-order valence-corrected chi connectivity index (χ2v) is 7.48. The van der Waals surface area contributed by atoms with Crippen LogP contribution in [0.15, 0.2) is 0 Å². The van der Waals surface area contributed by atoms with Gasteiger partial charge in [0.2, 0.25) is 0 Å². The molecule has 3 unspecified atom stereocenters. The van der Waals surface area contributed by atoms with Crippen LogP contribution in [0.1, 0.15) is 89.0 Å². The quantitative estimate of drug-likeness (QED) is 0.447. The van der Waals surface area contributed by atoms with Gasteiger partial charge in [-0.15, -0.1) is 0 Å². The Bertz CT molecular complexity index is 189. The molecular formula is C18H40. The predicted molar refractivity (Wildman–Crippen MR) is 87.0 cm³/mol. The van der Waals surface area contributed by atoms with Gasteiger partial charge < -0.3 is 0 Å². The molecule has 0 bridgehead atoms. The van der Waals surface area contributed by atoms with Crippen LogP contribution in [0.25, 0.3) is 0 Å². The van der Waals surface area contributed by atoms with Crippen LogP contribution in [0.4, 0.5) is 0 Å². The first-order valence-electron chi connectivity index (χ1n) is 8.12. The maximum Gasteiger partial charge on any atom is -0.0337 e. The van der Waals surface area contributed by atoms with Crippen molar-refractivity contribution < 1.29 is 0 Å². The first kappa shape index (κ1) is 20.3. The van der Waals surface area contributed by atoms with E-state index in [4.69, 9.17) is 0 Å². The van der Waals surface area contributed by atoms with Crippen molar-refractivity contribution in [1.29, 1.82) is 0 Å². The third-order valence-electron chi connectivity index (χ3n) is 4.22. The Hall–Kier alpha value is 0. The van der Waals surface area contributed by atoms with Gasteiger partial charge in [0.15, 0.2) is 0 Å². The largest absolute Gasteiger partial charge is 0.0683 e. The minimum Gasteiger partial charge on any atom is -0.0683 e. The van der Waals surface area contributed by atoms with Crippen molar-refractivity contribution in [2.24, 2.45) is 28.6 Å². The molecule has 1 fully saturated rings. The van der Waals surface area contributed by atoms with Crippen LogP contribution in [-0.4, -0.2) is 0 Å². The van der Waals surface area contributed by atoms with Gasteiger partial charge in [0, 0.05) is 0 Å². The summed E-state index contributed by atoms with van der Waals surface area (Å²) in [6.07, 6.45) is 2.87. The fraction of sp³-hybridized carbons (Fsp3) is 1.00. The van der Waals surface area contributed by atoms with Gasteiger partial charge in [0.1, 0.15) is 0 Å². The molecule has 0 radical (unpaired) electrons. The molecule has 0 heteroatoms. The lowest BCUT2D eigenvalue weighted by Crippen LogP contribution is -2.23. The lowest BCUT2D eigenvalue weighted by Gasteiger charge is -2.31. The van der Waals surface area contributed by atoms with E-state index in [-0.39, 0.29) is 0 Å². The van der Waals surface area contributed by atoms with Crippen molar-refractivity contribution in [2.45, 2.75) is 89.0 Å². The van der Waals surface area contributed by atoms with Crippen LogP contribution in [0.2, 0.25) is 0 Å². The molecule has 0 aromatic heterocycles. The van der Waals surface area contributed by atoms with Gasteiger partial charge in [0.05, 0.1) is 0 Å². The molecule has 0 aromatic carbocycles. The predicted octanol–water partition coefficient (Wildman–Crippen LogP) is 6.79. The van der Waals surface area contributed by atoms with E-state index in [0.29, 0.717) is 10.8 Å². The summed E-state index contributed by atoms with van der Waals surface area (Å²) in [7, 11) is 0. The highest BCUT2D eigenvalue weighted by Crippen LogP contribution is 2.51. The summed E-state index contributed by atoms with van der Waals surface area (Å²) in [4.78, 5) is 0. The third-order valence-corrected chi connectivity index (χ3v) is 4.22. The average Bonchev–Trinajstić information content (AvgIpc) is 2.65. The number of rotatable bonds is 0. The lowest BCUT2D eigenvalue weighted by molar-refractivity contribution is 0.181. The highest BCUT2D eigenvalue weighted by Gasteiger charge is 2.42. The Balaban J connectivity index is 0. The Morgan fingerprint density at radius 1 is 0.667 bits per heavy atom. The van der Waals surface area contributed by atoms with Gasteiger partial charge >= 0.3 is 0 Å². The van der Waals surface area contributed by atoms with Gasteiger partial charge in [-0.3, -0.25) is 0 Å². The molecule has 1 aliphatic rings. The van der Waals surface area contributed by atoms with Crippen molar-refractivity contribution in [3.63, 3.8) is 0 Å². The zero-order valence-electron chi connectivity index (χ0n) is 15.1. The topological polar surface area (TPSA) is 0 Å². The van der Waals surface area contributed by atoms with Gasteiger partial charge in [-0.25, -0.2) is 0 Å². The lowest BCUT2D eigenvalue weighted by atomic mass is 9.74. The SMILES string of the molecule is CC.CC.CC1CC(C(C)(C)C)CC1C(C)(C)C. The van der Waals surface area contributed by atoms with Crippen molar-refractivity contribution in [3.8, 4) is 0 Å². The van der Waals surface area contributed by atoms with E-state index >= 15 is 0 Å². The average molecular weight is 257 g/mol. The van der Waals surface area contributed by atoms with Gasteiger partial charge in [0.25, 0.3) is 0 Å². The maximum atomic E-state index is 2.45. The smallest absolute Gasteiger partial charge is 0.0337 e. The molecule has 0 amide bonds. The van der Waals surface area contributed by atoms with E-state index in [1.807, 2.05) is 27.7 Å². The van der Waals surface area contributed by atoms with Crippen molar-refractivity contribution in [3.05, 3.63) is 0 Å². The Labute approximate surface area is 118 Å². The Morgan fingerprint density at radius 3 is 1.22 bits per heavy atom. The van der Waals surface area contributed by atoms with E-state index in [1.54, 1.807) is 0 Å². The molecule has 0 aliphatic heterocycles. The van der Waals surface area contributed by atoms with Crippen LogP contribution in [0, 0.1) is 28.6 Å². The van der Waals surface area contributed by atoms with E-state index in [0.717, 1.165) is 17.8 Å². The van der Waals surface area contributed by atoms with Crippen molar-refractivity contribution in [2.75, 3.05) is 0 Å². The molecule has 3 atom stereocenters. The summed E-state index contributed by atoms with van der Waals surface area (Å²) in [5.41, 5.74) is 1.01. The monoisotopic (exact) mass is 256 g/mol. The summed E-state index contributed by atoms with van der Waals surface area (Å²) in [5, 5.41) is 0. The fourth-order valence-corrected chi connectivity index (χ4v) is 3.16. The highest BCUT2D eigenvalue weighted by atomic mass is 14.5. The molecule has 0 spiro atoms. The van der Waals surface area contributed by atoms with E-state index < -0.39 is 0 Å². The minimum absolute atomic E-state index is 0.499. The number of hydrogen-bond donors (Lipinski definition) is 0. The summed E-state index contributed by atoms with van der Waals surface area (Å²) in [6, 6.07) is 0. The molecule has 0 N–H and O–H groups in total. The van der Waals surface area contributed by atoms with Crippen LogP contribution in [0.5, 0.6) is 0 Å². The standard InChI is InChI=1S/C14H28.2C2H6/c1-10-8-11(13(2,3)4)9-12(10)14(5,6)7;2*1-2/h10-12H,8-9H2,1-7H3;2*1-2H3. The van der Waals surface area contributed by atoms with Gasteiger partial charge in [-0.1, -0.05) is 76.2 Å². The van der Waals surface area contributed by atoms with Gasteiger partial charge in [-0.2, -0.15) is 0 Å².